The zero-order chi connectivity index (χ0) is 20.1. The number of rotatable bonds is 9. The van der Waals surface area contributed by atoms with Crippen molar-refractivity contribution in [1.82, 2.24) is 21.7 Å². The van der Waals surface area contributed by atoms with Crippen LogP contribution < -0.4 is 21.7 Å². The summed E-state index contributed by atoms with van der Waals surface area (Å²) in [6.45, 7) is 20.7. The Kier molecular flexibility index (Phi) is 8.11. The van der Waals surface area contributed by atoms with Gasteiger partial charge < -0.3 is 0 Å². The minimum absolute atomic E-state index is 0.112. The molecule has 6 heteroatoms. The first kappa shape index (κ1) is 23.9. The van der Waals surface area contributed by atoms with Crippen LogP contribution >= 0.6 is 0 Å². The summed E-state index contributed by atoms with van der Waals surface area (Å²) in [6, 6.07) is 0. The van der Waals surface area contributed by atoms with Crippen molar-refractivity contribution in [3.63, 3.8) is 0 Å². The van der Waals surface area contributed by atoms with E-state index in [4.69, 9.17) is 0 Å². The first-order valence-corrected chi connectivity index (χ1v) is 9.13. The van der Waals surface area contributed by atoms with Crippen LogP contribution in [0.5, 0.6) is 0 Å². The third-order valence-electron chi connectivity index (χ3n) is 3.98. The number of hydrazine groups is 2. The maximum absolute atomic E-state index is 12.7. The molecule has 0 aromatic heterocycles. The molecule has 148 valence electrons. The van der Waals surface area contributed by atoms with E-state index in [1.165, 1.54) is 0 Å². The third kappa shape index (κ3) is 9.21. The largest absolute Gasteiger partial charge is 0.291 e. The van der Waals surface area contributed by atoms with Crippen molar-refractivity contribution in [2.45, 2.75) is 87.6 Å². The van der Waals surface area contributed by atoms with Crippen molar-refractivity contribution in [3.8, 4) is 0 Å². The van der Waals surface area contributed by atoms with E-state index in [2.05, 4.69) is 56.3 Å². The fraction of sp³-hybridized carbons (Fsp3) is 0.895. The molecule has 0 aliphatic carbocycles. The second-order valence-corrected chi connectivity index (χ2v) is 10.1. The summed E-state index contributed by atoms with van der Waals surface area (Å²) in [5.41, 5.74) is 10.1. The number of hydrogen-bond donors (Lipinski definition) is 4. The first-order chi connectivity index (χ1) is 11.0. The van der Waals surface area contributed by atoms with Crippen LogP contribution in [0, 0.1) is 16.2 Å². The maximum Gasteiger partial charge on any atom is 0.239 e. The van der Waals surface area contributed by atoms with Crippen LogP contribution in [0.4, 0.5) is 0 Å². The molecule has 6 nitrogen and oxygen atoms in total. The summed E-state index contributed by atoms with van der Waals surface area (Å²) in [5.74, 6) is -0.227. The van der Waals surface area contributed by atoms with Gasteiger partial charge in [-0.1, -0.05) is 55.4 Å². The summed E-state index contributed by atoms with van der Waals surface area (Å²) in [7, 11) is 0. The Morgan fingerprint density at radius 2 is 1.16 bits per heavy atom. The van der Waals surface area contributed by atoms with Crippen LogP contribution in [-0.4, -0.2) is 23.9 Å². The topological polar surface area (TPSA) is 82.3 Å². The van der Waals surface area contributed by atoms with E-state index in [1.54, 1.807) is 0 Å². The highest BCUT2D eigenvalue weighted by molar-refractivity contribution is 5.85. The predicted octanol–water partition coefficient (Wildman–Crippen LogP) is 2.91. The number of hydrogen-bond acceptors (Lipinski definition) is 4. The molecule has 0 unspecified atom stereocenters. The monoisotopic (exact) mass is 356 g/mol. The van der Waals surface area contributed by atoms with Gasteiger partial charge in [0.2, 0.25) is 11.8 Å². The quantitative estimate of drug-likeness (QED) is 0.479. The third-order valence-corrected chi connectivity index (χ3v) is 3.98. The van der Waals surface area contributed by atoms with E-state index in [0.29, 0.717) is 13.0 Å². The molecule has 0 heterocycles. The molecule has 0 aliphatic rings. The molecule has 4 N–H and O–H groups in total. The Morgan fingerprint density at radius 3 is 1.56 bits per heavy atom. The molecular weight excluding hydrogens is 316 g/mol. The van der Waals surface area contributed by atoms with Crippen LogP contribution in [0.25, 0.3) is 0 Å². The first-order valence-electron chi connectivity index (χ1n) is 9.13. The summed E-state index contributed by atoms with van der Waals surface area (Å²) in [5, 5.41) is 0. The smallest absolute Gasteiger partial charge is 0.239 e. The van der Waals surface area contributed by atoms with Gasteiger partial charge in [-0.25, -0.2) is 10.9 Å². The van der Waals surface area contributed by atoms with E-state index >= 15 is 0 Å². The van der Waals surface area contributed by atoms with Crippen LogP contribution in [0.3, 0.4) is 0 Å². The average Bonchev–Trinajstić information content (AvgIpc) is 2.38. The molecule has 25 heavy (non-hydrogen) atoms. The highest BCUT2D eigenvalue weighted by Crippen LogP contribution is 2.34. The Hall–Kier alpha value is -1.14. The lowest BCUT2D eigenvalue weighted by Gasteiger charge is -2.36. The minimum atomic E-state index is -0.683. The van der Waals surface area contributed by atoms with E-state index in [1.807, 2.05) is 34.6 Å². The Morgan fingerprint density at radius 1 is 0.720 bits per heavy atom. The Labute approximate surface area is 154 Å². The van der Waals surface area contributed by atoms with Crippen molar-refractivity contribution in [1.29, 1.82) is 0 Å². The van der Waals surface area contributed by atoms with Gasteiger partial charge in [0, 0.05) is 22.9 Å². The van der Waals surface area contributed by atoms with Gasteiger partial charge in [0.1, 0.15) is 0 Å². The number of carbonyl (C=O) groups is 2. The number of carbonyl (C=O) groups excluding carboxylic acids is 2. The molecule has 0 aliphatic heterocycles. The molecule has 0 bridgehead atoms. The Bertz CT molecular complexity index is 463. The lowest BCUT2D eigenvalue weighted by molar-refractivity contribution is -0.137. The maximum atomic E-state index is 12.7. The normalized spacial score (nSPS) is 13.5. The van der Waals surface area contributed by atoms with E-state index in [-0.39, 0.29) is 22.8 Å². The van der Waals surface area contributed by atoms with Crippen molar-refractivity contribution in [3.05, 3.63) is 0 Å². The average molecular weight is 357 g/mol. The van der Waals surface area contributed by atoms with Crippen LogP contribution in [0.1, 0.15) is 82.1 Å². The summed E-state index contributed by atoms with van der Waals surface area (Å²) < 4.78 is 0. The summed E-state index contributed by atoms with van der Waals surface area (Å²) >= 11 is 0. The van der Waals surface area contributed by atoms with Crippen LogP contribution in [-0.2, 0) is 9.59 Å². The second kappa shape index (κ2) is 8.49. The molecule has 0 aromatic rings. The molecule has 0 spiro atoms. The van der Waals surface area contributed by atoms with E-state index in [9.17, 15) is 9.59 Å². The van der Waals surface area contributed by atoms with Crippen molar-refractivity contribution in [2.24, 2.45) is 16.2 Å². The predicted molar refractivity (Wildman–Crippen MR) is 103 cm³/mol. The van der Waals surface area contributed by atoms with Gasteiger partial charge in [-0.3, -0.25) is 20.4 Å². The van der Waals surface area contributed by atoms with Gasteiger partial charge in [0.25, 0.3) is 0 Å². The van der Waals surface area contributed by atoms with Gasteiger partial charge in [-0.05, 0) is 32.1 Å². The lowest BCUT2D eigenvalue weighted by Crippen LogP contribution is -2.56. The SMILES string of the molecule is CCNNC(=O)C(C)(C)CC(C)(C)C(=O)NNC(C)(C)CC(C)(C)C. The molecule has 0 atom stereocenters. The minimum Gasteiger partial charge on any atom is -0.291 e. The van der Waals surface area contributed by atoms with Crippen molar-refractivity contribution in [2.75, 3.05) is 6.54 Å². The van der Waals surface area contributed by atoms with E-state index in [0.717, 1.165) is 6.42 Å². The van der Waals surface area contributed by atoms with Gasteiger partial charge in [0.15, 0.2) is 0 Å². The summed E-state index contributed by atoms with van der Waals surface area (Å²) in [6.07, 6.45) is 1.35. The van der Waals surface area contributed by atoms with Crippen LogP contribution in [0.2, 0.25) is 0 Å². The molecule has 2 amide bonds. The fourth-order valence-corrected chi connectivity index (χ4v) is 3.37. The highest BCUT2D eigenvalue weighted by atomic mass is 16.2. The molecule has 0 saturated heterocycles. The second-order valence-electron chi connectivity index (χ2n) is 10.1. The lowest BCUT2D eigenvalue weighted by atomic mass is 9.74. The zero-order valence-corrected chi connectivity index (χ0v) is 17.9. The number of nitrogens with one attached hydrogen (secondary N) is 4. The molecule has 0 fully saturated rings. The standard InChI is InChI=1S/C19H40N4O2/c1-11-20-21-14(24)17(5,6)13-18(7,8)15(25)22-23-19(9,10)12-16(2,3)4/h20,23H,11-13H2,1-10H3,(H,21,24)(H,22,25). The summed E-state index contributed by atoms with van der Waals surface area (Å²) in [4.78, 5) is 24.9. The van der Waals surface area contributed by atoms with Gasteiger partial charge in [-0.2, -0.15) is 0 Å². The zero-order valence-electron chi connectivity index (χ0n) is 17.9. The van der Waals surface area contributed by atoms with Crippen molar-refractivity contribution < 1.29 is 9.59 Å². The molecular formula is C19H40N4O2. The Balaban J connectivity index is 4.81. The molecule has 0 saturated carbocycles. The van der Waals surface area contributed by atoms with Gasteiger partial charge >= 0.3 is 0 Å². The molecule has 0 radical (unpaired) electrons. The van der Waals surface area contributed by atoms with E-state index < -0.39 is 10.8 Å². The highest BCUT2D eigenvalue weighted by Gasteiger charge is 2.39. The number of amides is 2. The fourth-order valence-electron chi connectivity index (χ4n) is 3.37. The van der Waals surface area contributed by atoms with Crippen molar-refractivity contribution >= 4 is 11.8 Å². The van der Waals surface area contributed by atoms with Gasteiger partial charge in [-0.15, -0.1) is 0 Å². The molecule has 0 rings (SSSR count). The van der Waals surface area contributed by atoms with Crippen LogP contribution in [0.15, 0.2) is 0 Å². The molecule has 0 aromatic carbocycles. The van der Waals surface area contributed by atoms with Gasteiger partial charge in [0.05, 0.1) is 0 Å².